The average Bonchev–Trinajstić information content (AvgIpc) is 2.63. The molecule has 3 nitrogen and oxygen atoms in total. The van der Waals surface area contributed by atoms with Crippen LogP contribution in [0.4, 0.5) is 0 Å². The van der Waals surface area contributed by atoms with E-state index in [0.29, 0.717) is 6.04 Å². The van der Waals surface area contributed by atoms with Crippen LogP contribution in [0.2, 0.25) is 0 Å². The van der Waals surface area contributed by atoms with Gasteiger partial charge in [-0.1, -0.05) is 20.8 Å². The van der Waals surface area contributed by atoms with Crippen LogP contribution in [0.15, 0.2) is 0 Å². The van der Waals surface area contributed by atoms with E-state index in [1.807, 2.05) is 0 Å². The topological polar surface area (TPSA) is 18.5 Å². The second-order valence-electron chi connectivity index (χ2n) is 5.83. The van der Waals surface area contributed by atoms with Gasteiger partial charge in [-0.15, -0.1) is 0 Å². The highest BCUT2D eigenvalue weighted by molar-refractivity contribution is 4.81. The Labute approximate surface area is 101 Å². The zero-order valence-electron chi connectivity index (χ0n) is 11.7. The first-order chi connectivity index (χ1) is 7.49. The molecule has 0 amide bonds. The summed E-state index contributed by atoms with van der Waals surface area (Å²) in [5.41, 5.74) is 0. The molecule has 0 aliphatic carbocycles. The van der Waals surface area contributed by atoms with Gasteiger partial charge in [0, 0.05) is 25.2 Å². The molecule has 16 heavy (non-hydrogen) atoms. The van der Waals surface area contributed by atoms with Crippen LogP contribution in [0.5, 0.6) is 0 Å². The van der Waals surface area contributed by atoms with Gasteiger partial charge >= 0.3 is 0 Å². The van der Waals surface area contributed by atoms with E-state index in [4.69, 9.17) is 0 Å². The van der Waals surface area contributed by atoms with Crippen molar-refractivity contribution in [2.75, 3.05) is 40.3 Å². The quantitative estimate of drug-likeness (QED) is 0.737. The maximum Gasteiger partial charge on any atom is 0.0229 e. The molecule has 2 atom stereocenters. The molecule has 0 spiro atoms. The summed E-state index contributed by atoms with van der Waals surface area (Å²) in [5, 5.41) is 3.52. The minimum absolute atomic E-state index is 0.607. The summed E-state index contributed by atoms with van der Waals surface area (Å²) >= 11 is 0. The zero-order valence-corrected chi connectivity index (χ0v) is 11.7. The van der Waals surface area contributed by atoms with Crippen LogP contribution in [0, 0.1) is 5.92 Å². The maximum atomic E-state index is 3.52. The lowest BCUT2D eigenvalue weighted by molar-refractivity contribution is 0.244. The fraction of sp³-hybridized carbons (Fsp3) is 1.00. The molecule has 1 rings (SSSR count). The number of nitrogens with zero attached hydrogens (tertiary/aromatic N) is 2. The van der Waals surface area contributed by atoms with Crippen molar-refractivity contribution in [2.45, 2.75) is 39.3 Å². The van der Waals surface area contributed by atoms with Crippen molar-refractivity contribution in [1.29, 1.82) is 0 Å². The van der Waals surface area contributed by atoms with E-state index in [2.05, 4.69) is 50.0 Å². The maximum absolute atomic E-state index is 3.52. The predicted molar refractivity (Wildman–Crippen MR) is 70.8 cm³/mol. The standard InChI is InChI=1S/C13H29N3/c1-11(2)14-8-12(3)9-16-7-6-13(10-16)15(4)5/h11-14H,6-10H2,1-5H3. The van der Waals surface area contributed by atoms with Gasteiger partial charge in [-0.25, -0.2) is 0 Å². The van der Waals surface area contributed by atoms with Crippen molar-refractivity contribution < 1.29 is 0 Å². The molecule has 1 aliphatic heterocycles. The largest absolute Gasteiger partial charge is 0.314 e. The van der Waals surface area contributed by atoms with Crippen LogP contribution in [-0.4, -0.2) is 62.2 Å². The lowest BCUT2D eigenvalue weighted by atomic mass is 10.1. The highest BCUT2D eigenvalue weighted by Gasteiger charge is 2.24. The number of likely N-dealkylation sites (N-methyl/N-ethyl adjacent to an activating group) is 1. The van der Waals surface area contributed by atoms with Crippen LogP contribution < -0.4 is 5.32 Å². The fourth-order valence-corrected chi connectivity index (χ4v) is 2.34. The highest BCUT2D eigenvalue weighted by atomic mass is 15.2. The van der Waals surface area contributed by atoms with Crippen molar-refractivity contribution in [3.05, 3.63) is 0 Å². The molecule has 1 aliphatic rings. The number of nitrogens with one attached hydrogen (secondary N) is 1. The Morgan fingerprint density at radius 3 is 2.50 bits per heavy atom. The Bertz CT molecular complexity index is 192. The molecule has 96 valence electrons. The Morgan fingerprint density at radius 1 is 1.31 bits per heavy atom. The third-order valence-electron chi connectivity index (χ3n) is 3.42. The monoisotopic (exact) mass is 227 g/mol. The summed E-state index contributed by atoms with van der Waals surface area (Å²) in [6, 6.07) is 1.38. The van der Waals surface area contributed by atoms with Crippen LogP contribution in [-0.2, 0) is 0 Å². The smallest absolute Gasteiger partial charge is 0.0229 e. The first-order valence-corrected chi connectivity index (χ1v) is 6.61. The minimum Gasteiger partial charge on any atom is -0.314 e. The second-order valence-corrected chi connectivity index (χ2v) is 5.83. The van der Waals surface area contributed by atoms with Crippen molar-refractivity contribution in [2.24, 2.45) is 5.92 Å². The highest BCUT2D eigenvalue weighted by Crippen LogP contribution is 2.14. The summed E-state index contributed by atoms with van der Waals surface area (Å²) in [5.74, 6) is 0.753. The molecular weight excluding hydrogens is 198 g/mol. The lowest BCUT2D eigenvalue weighted by Gasteiger charge is -2.23. The van der Waals surface area contributed by atoms with Gasteiger partial charge in [0.15, 0.2) is 0 Å². The van der Waals surface area contributed by atoms with E-state index in [9.17, 15) is 0 Å². The van der Waals surface area contributed by atoms with E-state index in [0.717, 1.165) is 18.5 Å². The molecule has 2 unspecified atom stereocenters. The van der Waals surface area contributed by atoms with E-state index in [-0.39, 0.29) is 0 Å². The zero-order chi connectivity index (χ0) is 12.1. The number of likely N-dealkylation sites (tertiary alicyclic amines) is 1. The summed E-state index contributed by atoms with van der Waals surface area (Å²) in [4.78, 5) is 4.97. The van der Waals surface area contributed by atoms with Crippen LogP contribution in [0.3, 0.4) is 0 Å². The first-order valence-electron chi connectivity index (χ1n) is 6.61. The van der Waals surface area contributed by atoms with E-state index >= 15 is 0 Å². The van der Waals surface area contributed by atoms with Crippen LogP contribution in [0.1, 0.15) is 27.2 Å². The minimum atomic E-state index is 0.607. The van der Waals surface area contributed by atoms with E-state index in [1.165, 1.54) is 26.1 Å². The van der Waals surface area contributed by atoms with Gasteiger partial charge in [0.25, 0.3) is 0 Å². The van der Waals surface area contributed by atoms with Crippen LogP contribution >= 0.6 is 0 Å². The molecular formula is C13H29N3. The Hall–Kier alpha value is -0.120. The molecule has 3 heteroatoms. The summed E-state index contributed by atoms with van der Waals surface area (Å²) in [6.45, 7) is 11.7. The third-order valence-corrected chi connectivity index (χ3v) is 3.42. The van der Waals surface area contributed by atoms with Gasteiger partial charge in [-0.3, -0.25) is 0 Å². The normalized spacial score (nSPS) is 24.6. The van der Waals surface area contributed by atoms with E-state index < -0.39 is 0 Å². The summed E-state index contributed by atoms with van der Waals surface area (Å²) in [7, 11) is 4.38. The molecule has 1 saturated heterocycles. The number of hydrogen-bond donors (Lipinski definition) is 1. The number of hydrogen-bond acceptors (Lipinski definition) is 3. The van der Waals surface area contributed by atoms with Gasteiger partial charge < -0.3 is 15.1 Å². The molecule has 0 bridgehead atoms. The third kappa shape index (κ3) is 4.81. The molecule has 0 aromatic carbocycles. The van der Waals surface area contributed by atoms with Gasteiger partial charge in [0.1, 0.15) is 0 Å². The second kappa shape index (κ2) is 6.58. The Morgan fingerprint density at radius 2 is 2.00 bits per heavy atom. The van der Waals surface area contributed by atoms with Crippen molar-refractivity contribution >= 4 is 0 Å². The fourth-order valence-electron chi connectivity index (χ4n) is 2.34. The van der Waals surface area contributed by atoms with Crippen molar-refractivity contribution in [1.82, 2.24) is 15.1 Å². The van der Waals surface area contributed by atoms with Crippen molar-refractivity contribution in [3.63, 3.8) is 0 Å². The number of rotatable bonds is 6. The molecule has 0 aromatic rings. The summed E-state index contributed by atoms with van der Waals surface area (Å²) in [6.07, 6.45) is 1.33. The Kier molecular flexibility index (Phi) is 5.73. The molecule has 1 N–H and O–H groups in total. The average molecular weight is 227 g/mol. The SMILES string of the molecule is CC(CNC(C)C)CN1CCC(N(C)C)C1. The van der Waals surface area contributed by atoms with Gasteiger partial charge in [-0.2, -0.15) is 0 Å². The van der Waals surface area contributed by atoms with Gasteiger partial charge in [0.2, 0.25) is 0 Å². The van der Waals surface area contributed by atoms with Crippen molar-refractivity contribution in [3.8, 4) is 0 Å². The predicted octanol–water partition coefficient (Wildman–Crippen LogP) is 1.26. The van der Waals surface area contributed by atoms with E-state index in [1.54, 1.807) is 0 Å². The van der Waals surface area contributed by atoms with Crippen LogP contribution in [0.25, 0.3) is 0 Å². The molecule has 1 fully saturated rings. The van der Waals surface area contributed by atoms with Gasteiger partial charge in [0.05, 0.1) is 0 Å². The molecule has 0 radical (unpaired) electrons. The van der Waals surface area contributed by atoms with Gasteiger partial charge in [-0.05, 0) is 39.5 Å². The lowest BCUT2D eigenvalue weighted by Crippen LogP contribution is -2.36. The molecule has 0 saturated carbocycles. The first kappa shape index (κ1) is 13.9. The molecule has 1 heterocycles. The summed E-state index contributed by atoms with van der Waals surface area (Å²) < 4.78 is 0. The Balaban J connectivity index is 2.18. The molecule has 0 aromatic heterocycles.